The first-order chi connectivity index (χ1) is 10.0. The van der Waals surface area contributed by atoms with Gasteiger partial charge in [0.15, 0.2) is 0 Å². The maximum Gasteiger partial charge on any atom is 0.274 e. The minimum atomic E-state index is -0.349. The number of amides is 1. The highest BCUT2D eigenvalue weighted by molar-refractivity contribution is 9.10. The molecular weight excluding hydrogens is 377 g/mol. The fourth-order valence-electron chi connectivity index (χ4n) is 1.65. The number of anilines is 2. The molecule has 7 heteroatoms. The monoisotopic (exact) mass is 387 g/mol. The zero-order chi connectivity index (χ0) is 15.4. The Morgan fingerprint density at radius 3 is 2.62 bits per heavy atom. The minimum absolute atomic E-state index is 0.281. The van der Waals surface area contributed by atoms with Gasteiger partial charge >= 0.3 is 0 Å². The third-order valence-electron chi connectivity index (χ3n) is 2.66. The highest BCUT2D eigenvalue weighted by Gasteiger charge is 2.13. The van der Waals surface area contributed by atoms with E-state index in [1.54, 1.807) is 30.5 Å². The van der Waals surface area contributed by atoms with Gasteiger partial charge in [-0.1, -0.05) is 23.2 Å². The van der Waals surface area contributed by atoms with Crippen molar-refractivity contribution in [2.45, 2.75) is 6.92 Å². The van der Waals surface area contributed by atoms with E-state index in [1.165, 1.54) is 0 Å². The molecule has 1 heterocycles. The quantitative estimate of drug-likeness (QED) is 0.737. The van der Waals surface area contributed by atoms with E-state index < -0.39 is 0 Å². The maximum atomic E-state index is 12.1. The van der Waals surface area contributed by atoms with Crippen LogP contribution in [0.3, 0.4) is 0 Å². The second-order valence-electron chi connectivity index (χ2n) is 4.14. The van der Waals surface area contributed by atoms with Crippen LogP contribution in [0.15, 0.2) is 34.9 Å². The summed E-state index contributed by atoms with van der Waals surface area (Å²) in [6.07, 6.45) is 1.61. The van der Waals surface area contributed by atoms with E-state index in [4.69, 9.17) is 23.2 Å². The van der Waals surface area contributed by atoms with Crippen molar-refractivity contribution >= 4 is 56.4 Å². The predicted octanol–water partition coefficient (Wildman–Crippen LogP) is 4.84. The molecule has 2 aromatic rings. The molecule has 0 spiro atoms. The van der Waals surface area contributed by atoms with Crippen LogP contribution in [0.1, 0.15) is 17.4 Å². The van der Waals surface area contributed by atoms with Gasteiger partial charge in [0.2, 0.25) is 0 Å². The Balaban J connectivity index is 2.16. The van der Waals surface area contributed by atoms with E-state index in [0.29, 0.717) is 20.9 Å². The molecule has 1 aromatic heterocycles. The number of rotatable bonds is 4. The lowest BCUT2D eigenvalue weighted by molar-refractivity contribution is 0.102. The third kappa shape index (κ3) is 3.87. The molecule has 0 radical (unpaired) electrons. The van der Waals surface area contributed by atoms with Gasteiger partial charge in [0.1, 0.15) is 5.69 Å². The maximum absolute atomic E-state index is 12.1. The molecule has 0 atom stereocenters. The average molecular weight is 389 g/mol. The molecule has 0 fully saturated rings. The summed E-state index contributed by atoms with van der Waals surface area (Å²) in [4.78, 5) is 16.2. The van der Waals surface area contributed by atoms with Crippen LogP contribution in [0.2, 0.25) is 10.0 Å². The zero-order valence-corrected chi connectivity index (χ0v) is 14.2. The predicted molar refractivity (Wildman–Crippen MR) is 90.5 cm³/mol. The van der Waals surface area contributed by atoms with Crippen molar-refractivity contribution in [3.05, 3.63) is 50.7 Å². The number of halogens is 3. The highest BCUT2D eigenvalue weighted by atomic mass is 79.9. The van der Waals surface area contributed by atoms with Gasteiger partial charge in [0, 0.05) is 11.0 Å². The molecule has 0 unspecified atom stereocenters. The second-order valence-corrected chi connectivity index (χ2v) is 5.75. The molecule has 0 bridgehead atoms. The van der Waals surface area contributed by atoms with Gasteiger partial charge in [-0.05, 0) is 47.1 Å². The van der Waals surface area contributed by atoms with Crippen molar-refractivity contribution < 1.29 is 4.79 Å². The molecule has 2 N–H and O–H groups in total. The number of aromatic nitrogens is 1. The summed E-state index contributed by atoms with van der Waals surface area (Å²) in [5.74, 6) is -0.349. The van der Waals surface area contributed by atoms with Crippen molar-refractivity contribution in [2.24, 2.45) is 0 Å². The SMILES string of the molecule is CCNc1ccc(C(=O)Nc2ccc(Br)c(Cl)c2Cl)nc1. The summed E-state index contributed by atoms with van der Waals surface area (Å²) < 4.78 is 0.667. The molecule has 1 aromatic carbocycles. The van der Waals surface area contributed by atoms with E-state index in [2.05, 4.69) is 31.5 Å². The average Bonchev–Trinajstić information content (AvgIpc) is 2.49. The fraction of sp³-hybridized carbons (Fsp3) is 0.143. The van der Waals surface area contributed by atoms with Gasteiger partial charge in [-0.2, -0.15) is 0 Å². The van der Waals surface area contributed by atoms with Crippen molar-refractivity contribution in [3.63, 3.8) is 0 Å². The van der Waals surface area contributed by atoms with Crippen molar-refractivity contribution in [1.29, 1.82) is 0 Å². The van der Waals surface area contributed by atoms with Crippen molar-refractivity contribution in [1.82, 2.24) is 4.98 Å². The Bertz CT molecular complexity index is 662. The molecule has 2 rings (SSSR count). The minimum Gasteiger partial charge on any atom is -0.384 e. The molecule has 1 amide bonds. The van der Waals surface area contributed by atoms with Crippen LogP contribution in [0.5, 0.6) is 0 Å². The van der Waals surface area contributed by atoms with Crippen molar-refractivity contribution in [2.75, 3.05) is 17.2 Å². The number of nitrogens with one attached hydrogen (secondary N) is 2. The Labute approximate surface area is 141 Å². The number of nitrogens with zero attached hydrogens (tertiary/aromatic N) is 1. The first kappa shape index (κ1) is 16.1. The number of carbonyl (C=O) groups is 1. The summed E-state index contributed by atoms with van der Waals surface area (Å²) in [7, 11) is 0. The van der Waals surface area contributed by atoms with Crippen LogP contribution in [0, 0.1) is 0 Å². The lowest BCUT2D eigenvalue weighted by atomic mass is 10.2. The number of benzene rings is 1. The number of pyridine rings is 1. The van der Waals surface area contributed by atoms with Crippen LogP contribution < -0.4 is 10.6 Å². The lowest BCUT2D eigenvalue weighted by Crippen LogP contribution is -2.14. The van der Waals surface area contributed by atoms with Crippen LogP contribution in [0.4, 0.5) is 11.4 Å². The Morgan fingerprint density at radius 2 is 2.00 bits per heavy atom. The molecule has 0 aliphatic carbocycles. The molecule has 21 heavy (non-hydrogen) atoms. The Kier molecular flexibility index (Phi) is 5.45. The van der Waals surface area contributed by atoms with E-state index >= 15 is 0 Å². The van der Waals surface area contributed by atoms with Gasteiger partial charge in [0.05, 0.1) is 27.6 Å². The Hall–Kier alpha value is -1.30. The number of hydrogen-bond acceptors (Lipinski definition) is 3. The first-order valence-corrected chi connectivity index (χ1v) is 7.72. The standard InChI is InChI=1S/C14H12BrCl2N3O/c1-2-18-8-3-5-11(19-7-8)14(21)20-10-6-4-9(15)12(16)13(10)17/h3-7,18H,2H2,1H3,(H,20,21). The first-order valence-electron chi connectivity index (χ1n) is 6.17. The third-order valence-corrected chi connectivity index (χ3v) is 4.43. The van der Waals surface area contributed by atoms with Gasteiger partial charge < -0.3 is 10.6 Å². The smallest absolute Gasteiger partial charge is 0.274 e. The van der Waals surface area contributed by atoms with Crippen LogP contribution in [-0.2, 0) is 0 Å². The second kappa shape index (κ2) is 7.11. The lowest BCUT2D eigenvalue weighted by Gasteiger charge is -2.09. The van der Waals surface area contributed by atoms with E-state index in [9.17, 15) is 4.79 Å². The van der Waals surface area contributed by atoms with E-state index in [0.717, 1.165) is 12.2 Å². The molecule has 0 saturated carbocycles. The van der Waals surface area contributed by atoms with Crippen LogP contribution >= 0.6 is 39.1 Å². The zero-order valence-electron chi connectivity index (χ0n) is 11.1. The summed E-state index contributed by atoms with van der Waals surface area (Å²) in [6.45, 7) is 2.78. The molecule has 0 saturated heterocycles. The van der Waals surface area contributed by atoms with Crippen molar-refractivity contribution in [3.8, 4) is 0 Å². The highest BCUT2D eigenvalue weighted by Crippen LogP contribution is 2.35. The van der Waals surface area contributed by atoms with Gasteiger partial charge in [0.25, 0.3) is 5.91 Å². The van der Waals surface area contributed by atoms with Gasteiger partial charge in [-0.15, -0.1) is 0 Å². The van der Waals surface area contributed by atoms with E-state index in [1.807, 2.05) is 6.92 Å². The molecule has 4 nitrogen and oxygen atoms in total. The van der Waals surface area contributed by atoms with Crippen LogP contribution in [-0.4, -0.2) is 17.4 Å². The van der Waals surface area contributed by atoms with Gasteiger partial charge in [-0.25, -0.2) is 4.98 Å². The number of hydrogen-bond donors (Lipinski definition) is 2. The summed E-state index contributed by atoms with van der Waals surface area (Å²) >= 11 is 15.4. The fourth-order valence-corrected chi connectivity index (χ4v) is 2.47. The topological polar surface area (TPSA) is 54.0 Å². The molecular formula is C14H12BrCl2N3O. The molecule has 110 valence electrons. The summed E-state index contributed by atoms with van der Waals surface area (Å²) in [5, 5.41) is 6.43. The molecule has 0 aliphatic rings. The van der Waals surface area contributed by atoms with Crippen LogP contribution in [0.25, 0.3) is 0 Å². The summed E-state index contributed by atoms with van der Waals surface area (Å²) in [6, 6.07) is 6.82. The number of carbonyl (C=O) groups excluding carboxylic acids is 1. The normalized spacial score (nSPS) is 10.3. The molecule has 0 aliphatic heterocycles. The Morgan fingerprint density at radius 1 is 1.24 bits per heavy atom. The van der Waals surface area contributed by atoms with E-state index in [-0.39, 0.29) is 10.9 Å². The van der Waals surface area contributed by atoms with Gasteiger partial charge in [-0.3, -0.25) is 4.79 Å². The summed E-state index contributed by atoms with van der Waals surface area (Å²) in [5.41, 5.74) is 1.60. The largest absolute Gasteiger partial charge is 0.384 e.